The number of rotatable bonds is 8. The number of halogens is 1. The lowest BCUT2D eigenvalue weighted by Gasteiger charge is -2.10. The van der Waals surface area contributed by atoms with E-state index < -0.39 is 18.5 Å². The summed E-state index contributed by atoms with van der Waals surface area (Å²) in [6.45, 7) is -0.767. The zero-order chi connectivity index (χ0) is 18.8. The van der Waals surface area contributed by atoms with Gasteiger partial charge in [-0.15, -0.1) is 11.8 Å². The van der Waals surface area contributed by atoms with Crippen LogP contribution in [-0.4, -0.2) is 30.8 Å². The smallest absolute Gasteiger partial charge is 0.344 e. The summed E-state index contributed by atoms with van der Waals surface area (Å²) in [5, 5.41) is 11.8. The maximum absolute atomic E-state index is 11.9. The minimum Gasteiger partial charge on any atom is -0.482 e. The average Bonchev–Trinajstić information content (AvgIpc) is 2.64. The largest absolute Gasteiger partial charge is 0.482 e. The maximum atomic E-state index is 11.9. The Bertz CT molecular complexity index is 823. The molecule has 0 aromatic heterocycles. The summed E-state index contributed by atoms with van der Waals surface area (Å²) in [5.74, 6) is -0.455. The summed E-state index contributed by atoms with van der Waals surface area (Å²) in [6, 6.07) is 15.7. The molecule has 0 saturated heterocycles. The molecule has 0 aliphatic heterocycles. The first-order valence-corrected chi connectivity index (χ1v) is 8.87. The van der Waals surface area contributed by atoms with Crippen LogP contribution < -0.4 is 10.1 Å². The SMILES string of the molecule is N#CCSc1ccccc1NC(=O)COC(=O)COc1cccc(Cl)c1. The predicted molar refractivity (Wildman–Crippen MR) is 99.3 cm³/mol. The van der Waals surface area contributed by atoms with Crippen molar-refractivity contribution in [2.24, 2.45) is 0 Å². The van der Waals surface area contributed by atoms with Crippen molar-refractivity contribution in [1.29, 1.82) is 5.26 Å². The van der Waals surface area contributed by atoms with Gasteiger partial charge in [-0.2, -0.15) is 5.26 Å². The lowest BCUT2D eigenvalue weighted by Crippen LogP contribution is -2.23. The molecule has 134 valence electrons. The summed E-state index contributed by atoms with van der Waals surface area (Å²) in [5.41, 5.74) is 0.559. The molecule has 8 heteroatoms. The van der Waals surface area contributed by atoms with Crippen LogP contribution in [0.2, 0.25) is 5.02 Å². The monoisotopic (exact) mass is 390 g/mol. The van der Waals surface area contributed by atoms with Gasteiger partial charge in [0.1, 0.15) is 5.75 Å². The van der Waals surface area contributed by atoms with Crippen molar-refractivity contribution >= 4 is 40.9 Å². The summed E-state index contributed by atoms with van der Waals surface area (Å²) in [7, 11) is 0. The van der Waals surface area contributed by atoms with Crippen LogP contribution in [0.25, 0.3) is 0 Å². The van der Waals surface area contributed by atoms with E-state index in [2.05, 4.69) is 5.32 Å². The molecule has 0 heterocycles. The summed E-state index contributed by atoms with van der Waals surface area (Å²) >= 11 is 7.12. The third kappa shape index (κ3) is 6.67. The van der Waals surface area contributed by atoms with Crippen LogP contribution >= 0.6 is 23.4 Å². The number of amides is 1. The molecule has 0 saturated carbocycles. The lowest BCUT2D eigenvalue weighted by molar-refractivity contribution is -0.149. The molecule has 1 amide bonds. The van der Waals surface area contributed by atoms with E-state index in [4.69, 9.17) is 26.3 Å². The fourth-order valence-electron chi connectivity index (χ4n) is 1.88. The van der Waals surface area contributed by atoms with Gasteiger partial charge in [0.15, 0.2) is 13.2 Å². The van der Waals surface area contributed by atoms with Crippen LogP contribution in [0.15, 0.2) is 53.4 Å². The van der Waals surface area contributed by atoms with E-state index >= 15 is 0 Å². The van der Waals surface area contributed by atoms with E-state index in [1.54, 1.807) is 42.5 Å². The van der Waals surface area contributed by atoms with Gasteiger partial charge in [0, 0.05) is 9.92 Å². The molecular weight excluding hydrogens is 376 g/mol. The number of carbonyl (C=O) groups is 2. The minimum absolute atomic E-state index is 0.267. The Balaban J connectivity index is 1.78. The number of nitrogens with zero attached hydrogens (tertiary/aromatic N) is 1. The van der Waals surface area contributed by atoms with Crippen LogP contribution in [-0.2, 0) is 14.3 Å². The quantitative estimate of drug-likeness (QED) is 0.548. The second kappa shape index (κ2) is 10.3. The molecule has 2 rings (SSSR count). The van der Waals surface area contributed by atoms with Crippen molar-refractivity contribution < 1.29 is 19.1 Å². The van der Waals surface area contributed by atoms with Gasteiger partial charge < -0.3 is 14.8 Å². The number of nitrogens with one attached hydrogen (secondary N) is 1. The Morgan fingerprint density at radius 3 is 2.73 bits per heavy atom. The van der Waals surface area contributed by atoms with Gasteiger partial charge in [0.05, 0.1) is 17.5 Å². The van der Waals surface area contributed by atoms with Crippen LogP contribution in [0.3, 0.4) is 0 Å². The minimum atomic E-state index is -0.674. The Kier molecular flexibility index (Phi) is 7.80. The van der Waals surface area contributed by atoms with Crippen molar-refractivity contribution in [2.75, 3.05) is 24.3 Å². The van der Waals surface area contributed by atoms with E-state index in [9.17, 15) is 9.59 Å². The van der Waals surface area contributed by atoms with Crippen LogP contribution in [0, 0.1) is 11.3 Å². The number of esters is 1. The Labute approximate surface area is 160 Å². The first-order chi connectivity index (χ1) is 12.6. The van der Waals surface area contributed by atoms with Crippen molar-refractivity contribution in [1.82, 2.24) is 0 Å². The Morgan fingerprint density at radius 2 is 1.96 bits per heavy atom. The molecule has 0 unspecified atom stereocenters. The molecule has 0 fully saturated rings. The number of benzene rings is 2. The van der Waals surface area contributed by atoms with E-state index in [0.29, 0.717) is 16.5 Å². The van der Waals surface area contributed by atoms with E-state index in [1.807, 2.05) is 12.1 Å². The van der Waals surface area contributed by atoms with Gasteiger partial charge in [-0.3, -0.25) is 4.79 Å². The first kappa shape index (κ1) is 19.6. The molecule has 0 radical (unpaired) electrons. The van der Waals surface area contributed by atoms with Crippen molar-refractivity contribution in [3.63, 3.8) is 0 Å². The Hall–Kier alpha value is -2.69. The second-order valence-electron chi connectivity index (χ2n) is 4.90. The van der Waals surface area contributed by atoms with Crippen LogP contribution in [0.4, 0.5) is 5.69 Å². The Morgan fingerprint density at radius 1 is 1.15 bits per heavy atom. The maximum Gasteiger partial charge on any atom is 0.344 e. The topological polar surface area (TPSA) is 88.4 Å². The molecule has 0 bridgehead atoms. The molecular formula is C18H15ClN2O4S. The van der Waals surface area contributed by atoms with E-state index in [1.165, 1.54) is 11.8 Å². The third-order valence-corrected chi connectivity index (χ3v) is 4.15. The highest BCUT2D eigenvalue weighted by molar-refractivity contribution is 7.99. The second-order valence-corrected chi connectivity index (χ2v) is 6.35. The summed E-state index contributed by atoms with van der Waals surface area (Å²) < 4.78 is 10.1. The summed E-state index contributed by atoms with van der Waals surface area (Å²) in [6.07, 6.45) is 0. The highest BCUT2D eigenvalue weighted by Crippen LogP contribution is 2.26. The molecule has 0 spiro atoms. The first-order valence-electron chi connectivity index (χ1n) is 7.51. The molecule has 6 nitrogen and oxygen atoms in total. The lowest BCUT2D eigenvalue weighted by atomic mass is 10.3. The number of thioether (sulfide) groups is 1. The van der Waals surface area contributed by atoms with Crippen molar-refractivity contribution in [2.45, 2.75) is 4.90 Å². The number of carbonyl (C=O) groups excluding carboxylic acids is 2. The fraction of sp³-hybridized carbons (Fsp3) is 0.167. The highest BCUT2D eigenvalue weighted by Gasteiger charge is 2.11. The normalized spacial score (nSPS) is 9.85. The summed E-state index contributed by atoms with van der Waals surface area (Å²) in [4.78, 5) is 24.4. The third-order valence-electron chi connectivity index (χ3n) is 2.97. The highest BCUT2D eigenvalue weighted by atomic mass is 35.5. The molecule has 26 heavy (non-hydrogen) atoms. The molecule has 0 aliphatic carbocycles. The number of hydrogen-bond donors (Lipinski definition) is 1. The number of anilines is 1. The van der Waals surface area contributed by atoms with E-state index in [0.717, 1.165) is 4.90 Å². The molecule has 2 aromatic rings. The van der Waals surface area contributed by atoms with Crippen LogP contribution in [0.1, 0.15) is 0 Å². The standard InChI is InChI=1S/C18H15ClN2O4S/c19-13-4-3-5-14(10-13)24-12-18(23)25-11-17(22)21-15-6-1-2-7-16(15)26-9-8-20/h1-7,10H,9,11-12H2,(H,21,22). The molecule has 1 N–H and O–H groups in total. The van der Waals surface area contributed by atoms with Crippen molar-refractivity contribution in [3.8, 4) is 11.8 Å². The molecule has 0 aliphatic rings. The van der Waals surface area contributed by atoms with Gasteiger partial charge in [-0.05, 0) is 30.3 Å². The number of nitriles is 1. The van der Waals surface area contributed by atoms with Crippen LogP contribution in [0.5, 0.6) is 5.75 Å². The number of para-hydroxylation sites is 1. The zero-order valence-electron chi connectivity index (χ0n) is 13.6. The number of ether oxygens (including phenoxy) is 2. The van der Waals surface area contributed by atoms with Gasteiger partial charge in [-0.25, -0.2) is 4.79 Å². The molecule has 2 aromatic carbocycles. The van der Waals surface area contributed by atoms with E-state index in [-0.39, 0.29) is 12.4 Å². The van der Waals surface area contributed by atoms with Crippen molar-refractivity contribution in [3.05, 3.63) is 53.6 Å². The van der Waals surface area contributed by atoms with Gasteiger partial charge in [0.25, 0.3) is 5.91 Å². The predicted octanol–water partition coefficient (Wildman–Crippen LogP) is 3.52. The zero-order valence-corrected chi connectivity index (χ0v) is 15.2. The fourth-order valence-corrected chi connectivity index (χ4v) is 2.73. The number of hydrogen-bond acceptors (Lipinski definition) is 6. The van der Waals surface area contributed by atoms with Gasteiger partial charge in [-0.1, -0.05) is 29.8 Å². The van der Waals surface area contributed by atoms with Gasteiger partial charge >= 0.3 is 5.97 Å². The van der Waals surface area contributed by atoms with Gasteiger partial charge in [0.2, 0.25) is 0 Å². The molecule has 0 atom stereocenters. The average molecular weight is 391 g/mol.